The molecule has 11 aromatic rings. The summed E-state index contributed by atoms with van der Waals surface area (Å²) in [6.07, 6.45) is 13.7. The van der Waals surface area contributed by atoms with Crippen molar-refractivity contribution in [2.75, 3.05) is 9.80 Å². The Balaban J connectivity index is 0.943. The lowest BCUT2D eigenvalue weighted by Gasteiger charge is -2.44. The van der Waals surface area contributed by atoms with Crippen molar-refractivity contribution >= 4 is 44.3 Å². The summed E-state index contributed by atoms with van der Waals surface area (Å²) in [5, 5.41) is 4.91. The highest BCUT2D eigenvalue weighted by Gasteiger charge is 2.42. The molecule has 2 nitrogen and oxygen atoms in total. The largest absolute Gasteiger partial charge is 0.310 e. The number of allylic oxidation sites excluding steroid dienone is 6. The van der Waals surface area contributed by atoms with E-state index in [9.17, 15) is 0 Å². The third-order valence-electron chi connectivity index (χ3n) is 21.7. The van der Waals surface area contributed by atoms with E-state index in [0.717, 1.165) is 25.7 Å². The van der Waals surface area contributed by atoms with E-state index < -0.39 is 0 Å². The molecule has 0 radical (unpaired) electrons. The molecule has 0 aromatic heterocycles. The van der Waals surface area contributed by atoms with Crippen molar-refractivity contribution in [1.29, 1.82) is 0 Å². The molecule has 0 N–H and O–H groups in total. The molecule has 0 amide bonds. The number of para-hydroxylation sites is 2. The second-order valence-corrected chi connectivity index (χ2v) is 27.8. The van der Waals surface area contributed by atoms with Crippen LogP contribution in [0.4, 0.5) is 22.7 Å². The van der Waals surface area contributed by atoms with E-state index in [4.69, 9.17) is 0 Å². The first-order valence-electron chi connectivity index (χ1n) is 32.0. The molecule has 11 aromatic carbocycles. The van der Waals surface area contributed by atoms with Gasteiger partial charge >= 0.3 is 0 Å². The van der Waals surface area contributed by atoms with Crippen LogP contribution in [0, 0.1) is 0 Å². The number of anilines is 4. The Morgan fingerprint density at radius 1 is 0.284 bits per heavy atom. The van der Waals surface area contributed by atoms with Gasteiger partial charge in [-0.1, -0.05) is 225 Å². The highest BCUT2D eigenvalue weighted by Crippen LogP contribution is 2.57. The number of hydrogen-bond donors (Lipinski definition) is 0. The Morgan fingerprint density at radius 3 is 1.10 bits per heavy atom. The van der Waals surface area contributed by atoms with Crippen LogP contribution < -0.4 is 9.80 Å². The lowest BCUT2D eigenvalue weighted by Crippen LogP contribution is -2.34. The fraction of sp³-hybridized carbons (Fsp3) is 0.186. The number of nitrogens with zero attached hydrogens (tertiary/aromatic N) is 2. The summed E-state index contributed by atoms with van der Waals surface area (Å²) in [6, 6.07) is 84.5. The zero-order valence-corrected chi connectivity index (χ0v) is 51.8. The van der Waals surface area contributed by atoms with Crippen molar-refractivity contribution in [1.82, 2.24) is 0 Å². The Kier molecular flexibility index (Phi) is 11.4. The van der Waals surface area contributed by atoms with Gasteiger partial charge in [-0.15, -0.1) is 0 Å². The van der Waals surface area contributed by atoms with Crippen LogP contribution in [-0.2, 0) is 21.7 Å². The van der Waals surface area contributed by atoms with Gasteiger partial charge in [-0.05, 0) is 231 Å². The molecular weight excluding hydrogens is 1060 g/mol. The van der Waals surface area contributed by atoms with Crippen molar-refractivity contribution in [2.45, 2.75) is 103 Å². The minimum absolute atomic E-state index is 0.106. The van der Waals surface area contributed by atoms with E-state index in [-0.39, 0.29) is 21.7 Å². The van der Waals surface area contributed by atoms with E-state index in [1.807, 2.05) is 0 Å². The average molecular weight is 1130 g/mol. The van der Waals surface area contributed by atoms with E-state index >= 15 is 0 Å². The van der Waals surface area contributed by atoms with Crippen molar-refractivity contribution in [3.05, 3.63) is 299 Å². The highest BCUT2D eigenvalue weighted by atomic mass is 15.2. The quantitative estimate of drug-likeness (QED) is 0.153. The summed E-state index contributed by atoms with van der Waals surface area (Å²) >= 11 is 0. The summed E-state index contributed by atoms with van der Waals surface area (Å²) in [4.78, 5) is 5.16. The topological polar surface area (TPSA) is 6.48 Å². The Hall–Kier alpha value is -9.50. The van der Waals surface area contributed by atoms with E-state index in [2.05, 4.69) is 308 Å². The molecule has 2 heterocycles. The SMILES string of the molecule is CC1(C)C2=C(C=CCC2)N(c2ccc3c(-c4cccc(-c5ccc6c(c5)C(C)(C)c5ccccc5-6)c4)c4cc(N5C6=C(CCC=C6)C(C)(C)c6ccccc65)ccc4c(-c4cccc(-c5ccc6c(c5)C(C)(C)c5ccccc5-6)c4)c3c2)c2ccccc21. The van der Waals surface area contributed by atoms with Gasteiger partial charge < -0.3 is 9.80 Å². The zero-order valence-electron chi connectivity index (χ0n) is 51.8. The van der Waals surface area contributed by atoms with Crippen molar-refractivity contribution in [3.63, 3.8) is 0 Å². The summed E-state index contributed by atoms with van der Waals surface area (Å²) in [5.74, 6) is 0. The maximum absolute atomic E-state index is 2.58. The maximum Gasteiger partial charge on any atom is 0.0502 e. The van der Waals surface area contributed by atoms with Gasteiger partial charge in [0.15, 0.2) is 0 Å². The smallest absolute Gasteiger partial charge is 0.0502 e. The predicted octanol–water partition coefficient (Wildman–Crippen LogP) is 23.3. The molecule has 0 unspecified atom stereocenters. The van der Waals surface area contributed by atoms with E-state index in [1.165, 1.54) is 167 Å². The first kappa shape index (κ1) is 52.8. The molecule has 2 heteroatoms. The Labute approximate surface area is 519 Å². The Bertz CT molecular complexity index is 4670. The molecule has 0 atom stereocenters. The number of rotatable bonds is 6. The summed E-state index contributed by atoms with van der Waals surface area (Å²) in [5.41, 5.74) is 33.4. The van der Waals surface area contributed by atoms with Crippen LogP contribution in [0.1, 0.15) is 114 Å². The molecule has 0 fully saturated rings. The molecule has 4 aliphatic carbocycles. The van der Waals surface area contributed by atoms with Crippen LogP contribution in [0.3, 0.4) is 0 Å². The standard InChI is InChI=1S/C86H72N2/c1-83(2)69-29-11-9-27-61(69)63-43-39-55(49-75(63)83)53-23-21-25-57(47-53)81-65-45-41-60(88-79-37-19-15-33-73(79)86(7,8)74-34-16-20-38-80(74)88)52-68(65)82(58-26-22-24-54(48-58)56-40-44-64-62-28-10-12-30-70(62)84(3,4)76(64)50-56)66-46-42-59(51-67(66)81)87-77-35-17-13-31-71(77)85(5,6)72-32-14-18-36-78(72)87/h9-13,15,17-31,33,35-52H,14,16,32,34H2,1-8H3. The zero-order chi connectivity index (χ0) is 59.6. The normalized spacial score (nSPS) is 17.5. The van der Waals surface area contributed by atoms with E-state index in [1.54, 1.807) is 0 Å². The van der Waals surface area contributed by atoms with Crippen molar-refractivity contribution in [2.24, 2.45) is 0 Å². The maximum atomic E-state index is 2.58. The predicted molar refractivity (Wildman–Crippen MR) is 372 cm³/mol. The third-order valence-corrected chi connectivity index (χ3v) is 21.7. The molecule has 426 valence electrons. The van der Waals surface area contributed by atoms with Gasteiger partial charge in [0.05, 0.1) is 11.4 Å². The van der Waals surface area contributed by atoms with Gasteiger partial charge in [-0.3, -0.25) is 0 Å². The van der Waals surface area contributed by atoms with Crippen LogP contribution in [-0.4, -0.2) is 0 Å². The number of fused-ring (bicyclic) bond motifs is 10. The fourth-order valence-electron chi connectivity index (χ4n) is 17.1. The van der Waals surface area contributed by atoms with Gasteiger partial charge in [0.1, 0.15) is 0 Å². The molecule has 2 aliphatic heterocycles. The average Bonchev–Trinajstić information content (AvgIpc) is 0.988. The van der Waals surface area contributed by atoms with Gasteiger partial charge in [-0.2, -0.15) is 0 Å². The summed E-state index contributed by atoms with van der Waals surface area (Å²) in [6.45, 7) is 19.3. The molecule has 6 aliphatic rings. The van der Waals surface area contributed by atoms with Gasteiger partial charge in [-0.25, -0.2) is 0 Å². The van der Waals surface area contributed by atoms with Crippen molar-refractivity contribution < 1.29 is 0 Å². The molecule has 0 saturated heterocycles. The minimum Gasteiger partial charge on any atom is -0.310 e. The third kappa shape index (κ3) is 7.54. The van der Waals surface area contributed by atoms with Gasteiger partial charge in [0, 0.05) is 44.4 Å². The Morgan fingerprint density at radius 2 is 0.659 bits per heavy atom. The minimum atomic E-state index is -0.115. The first-order chi connectivity index (χ1) is 42.7. The molecule has 17 rings (SSSR count). The monoisotopic (exact) mass is 1130 g/mol. The lowest BCUT2D eigenvalue weighted by atomic mass is 9.70. The molecule has 0 spiro atoms. The van der Waals surface area contributed by atoms with E-state index in [0.29, 0.717) is 0 Å². The van der Waals surface area contributed by atoms with Gasteiger partial charge in [0.25, 0.3) is 0 Å². The van der Waals surface area contributed by atoms with Gasteiger partial charge in [0.2, 0.25) is 0 Å². The number of benzene rings is 11. The summed E-state index contributed by atoms with van der Waals surface area (Å²) in [7, 11) is 0. The van der Waals surface area contributed by atoms with Crippen LogP contribution in [0.2, 0.25) is 0 Å². The molecular formula is C86H72N2. The second-order valence-electron chi connectivity index (χ2n) is 27.8. The number of hydrogen-bond acceptors (Lipinski definition) is 2. The summed E-state index contributed by atoms with van der Waals surface area (Å²) < 4.78 is 0. The van der Waals surface area contributed by atoms with Crippen LogP contribution in [0.5, 0.6) is 0 Å². The van der Waals surface area contributed by atoms with Crippen LogP contribution >= 0.6 is 0 Å². The van der Waals surface area contributed by atoms with Crippen LogP contribution in [0.15, 0.2) is 265 Å². The molecule has 0 bridgehead atoms. The lowest BCUT2D eigenvalue weighted by molar-refractivity contribution is 0.570. The fourth-order valence-corrected chi connectivity index (χ4v) is 17.1. The second kappa shape index (κ2) is 19.0. The molecule has 88 heavy (non-hydrogen) atoms. The van der Waals surface area contributed by atoms with Crippen LogP contribution in [0.25, 0.3) is 88.3 Å². The highest BCUT2D eigenvalue weighted by molar-refractivity contribution is 6.23. The molecule has 0 saturated carbocycles. The first-order valence-corrected chi connectivity index (χ1v) is 32.0. The van der Waals surface area contributed by atoms with Crippen molar-refractivity contribution in [3.8, 4) is 66.8 Å².